The minimum atomic E-state index is -4.19. The van der Waals surface area contributed by atoms with Crippen LogP contribution in [-0.2, 0) is 0 Å². The molecular formula is C23H21F5N6OS. The Morgan fingerprint density at radius 3 is 2.69 bits per heavy atom. The molecule has 36 heavy (non-hydrogen) atoms. The summed E-state index contributed by atoms with van der Waals surface area (Å²) in [5.74, 6) is -2.32. The lowest BCUT2D eigenvalue weighted by molar-refractivity contribution is -0.137. The maximum absolute atomic E-state index is 13.5. The summed E-state index contributed by atoms with van der Waals surface area (Å²) in [6.07, 6.45) is 0.361. The third-order valence-corrected chi connectivity index (χ3v) is 6.33. The van der Waals surface area contributed by atoms with E-state index in [0.29, 0.717) is 41.7 Å². The lowest BCUT2D eigenvalue weighted by atomic mass is 10.1. The zero-order valence-corrected chi connectivity index (χ0v) is 19.8. The number of aryl methyl sites for hydroxylation is 1. The van der Waals surface area contributed by atoms with Crippen LogP contribution in [-0.4, -0.2) is 51.0 Å². The summed E-state index contributed by atoms with van der Waals surface area (Å²) >= 11 is 1.03. The van der Waals surface area contributed by atoms with Crippen molar-refractivity contribution in [1.82, 2.24) is 19.2 Å². The van der Waals surface area contributed by atoms with Gasteiger partial charge in [0.05, 0.1) is 35.8 Å². The summed E-state index contributed by atoms with van der Waals surface area (Å²) in [5.41, 5.74) is 2.18. The van der Waals surface area contributed by atoms with Gasteiger partial charge in [0.1, 0.15) is 10.8 Å². The molecule has 1 aliphatic heterocycles. The van der Waals surface area contributed by atoms with Crippen molar-refractivity contribution in [2.45, 2.75) is 25.9 Å². The fraction of sp³-hybridized carbons (Fsp3) is 0.304. The number of halogens is 5. The molecule has 0 spiro atoms. The van der Waals surface area contributed by atoms with Crippen LogP contribution in [0.25, 0.3) is 5.57 Å². The van der Waals surface area contributed by atoms with E-state index >= 15 is 0 Å². The first kappa shape index (κ1) is 25.6. The van der Waals surface area contributed by atoms with Gasteiger partial charge in [0, 0.05) is 31.4 Å². The number of nitrogens with one attached hydrogen (secondary N) is 2. The van der Waals surface area contributed by atoms with E-state index in [1.807, 2.05) is 6.08 Å². The molecule has 3 aromatic rings. The molecule has 0 saturated carbocycles. The molecule has 0 unspecified atom stereocenters. The number of aromatic nitrogens is 3. The smallest absolute Gasteiger partial charge is 0.329 e. The maximum atomic E-state index is 13.5. The highest BCUT2D eigenvalue weighted by atomic mass is 32.1. The van der Waals surface area contributed by atoms with Crippen molar-refractivity contribution in [3.05, 3.63) is 65.3 Å². The second kappa shape index (κ2) is 10.7. The number of alkyl halides is 3. The first-order chi connectivity index (χ1) is 17.1. The monoisotopic (exact) mass is 524 g/mol. The fourth-order valence-electron chi connectivity index (χ4n) is 3.62. The number of rotatable bonds is 7. The highest BCUT2D eigenvalue weighted by Crippen LogP contribution is 2.30. The predicted octanol–water partition coefficient (Wildman–Crippen LogP) is 5.56. The van der Waals surface area contributed by atoms with Gasteiger partial charge in [0.15, 0.2) is 11.6 Å². The third kappa shape index (κ3) is 6.40. The summed E-state index contributed by atoms with van der Waals surface area (Å²) in [7, 11) is 0. The number of carbonyl (C=O) groups excluding carboxylic acids is 1. The predicted molar refractivity (Wildman–Crippen MR) is 126 cm³/mol. The van der Waals surface area contributed by atoms with Gasteiger partial charge in [-0.2, -0.15) is 17.5 Å². The normalized spacial score (nSPS) is 14.4. The number of hydrogen-bond donors (Lipinski definition) is 2. The third-order valence-electron chi connectivity index (χ3n) is 5.48. The average molecular weight is 525 g/mol. The fourth-order valence-corrected chi connectivity index (χ4v) is 4.42. The van der Waals surface area contributed by atoms with Crippen molar-refractivity contribution in [3.63, 3.8) is 0 Å². The van der Waals surface area contributed by atoms with Crippen molar-refractivity contribution in [1.29, 1.82) is 0 Å². The Bertz CT molecular complexity index is 1290. The lowest BCUT2D eigenvalue weighted by Gasteiger charge is -2.26. The van der Waals surface area contributed by atoms with Crippen molar-refractivity contribution in [3.8, 4) is 0 Å². The summed E-state index contributed by atoms with van der Waals surface area (Å²) in [5, 5.41) is 5.94. The minimum absolute atomic E-state index is 0.0549. The second-order valence-electron chi connectivity index (χ2n) is 8.11. The van der Waals surface area contributed by atoms with Crippen LogP contribution in [0.3, 0.4) is 0 Å². The summed E-state index contributed by atoms with van der Waals surface area (Å²) in [4.78, 5) is 23.3. The van der Waals surface area contributed by atoms with Crippen molar-refractivity contribution >= 4 is 39.5 Å². The zero-order chi connectivity index (χ0) is 25.9. The zero-order valence-electron chi connectivity index (χ0n) is 19.0. The van der Waals surface area contributed by atoms with Crippen LogP contribution in [0.5, 0.6) is 0 Å². The number of hydrogen-bond acceptors (Lipinski definition) is 7. The topological polar surface area (TPSA) is 83.0 Å². The maximum Gasteiger partial charge on any atom is 0.390 e. The van der Waals surface area contributed by atoms with Crippen LogP contribution in [0, 0.1) is 18.6 Å². The first-order valence-electron chi connectivity index (χ1n) is 10.9. The lowest BCUT2D eigenvalue weighted by Crippen LogP contribution is -2.32. The molecule has 0 saturated heterocycles. The van der Waals surface area contributed by atoms with Gasteiger partial charge in [0.25, 0.3) is 5.91 Å². The Morgan fingerprint density at radius 2 is 2.00 bits per heavy atom. The second-order valence-corrected chi connectivity index (χ2v) is 8.89. The summed E-state index contributed by atoms with van der Waals surface area (Å²) in [6, 6.07) is 3.04. The van der Waals surface area contributed by atoms with Gasteiger partial charge in [0.2, 0.25) is 0 Å². The number of nitrogens with zero attached hydrogens (tertiary/aromatic N) is 4. The molecule has 13 heteroatoms. The van der Waals surface area contributed by atoms with Gasteiger partial charge in [-0.05, 0) is 42.6 Å². The van der Waals surface area contributed by atoms with Gasteiger partial charge in [-0.3, -0.25) is 14.7 Å². The standard InChI is InChI=1S/C23H21F5N6OS/c1-13-20(21(35)30-15-2-3-16(24)17(25)10-15)22(36-33-13)32-19-12-29-11-18(31-19)14-4-7-34(8-5-14)9-6-23(26,27)28/h2-4,10-12H,5-9H2,1H3,(H,30,35)(H,31,32). The van der Waals surface area contributed by atoms with E-state index in [0.717, 1.165) is 29.2 Å². The Labute approximate surface area is 207 Å². The van der Waals surface area contributed by atoms with Crippen molar-refractivity contribution in [2.75, 3.05) is 30.3 Å². The Kier molecular flexibility index (Phi) is 7.59. The highest BCUT2D eigenvalue weighted by Gasteiger charge is 2.28. The van der Waals surface area contributed by atoms with Gasteiger partial charge < -0.3 is 10.6 Å². The van der Waals surface area contributed by atoms with E-state index in [2.05, 4.69) is 25.0 Å². The summed E-state index contributed by atoms with van der Waals surface area (Å²) < 4.78 is 68.3. The molecule has 4 rings (SSSR count). The van der Waals surface area contributed by atoms with Gasteiger partial charge in [-0.1, -0.05) is 6.08 Å². The van der Waals surface area contributed by atoms with E-state index in [-0.39, 0.29) is 17.8 Å². The minimum Gasteiger partial charge on any atom is -0.329 e. The Hall–Kier alpha value is -3.45. The number of carbonyl (C=O) groups is 1. The van der Waals surface area contributed by atoms with Crippen LogP contribution in [0.2, 0.25) is 0 Å². The Morgan fingerprint density at radius 1 is 1.19 bits per heavy atom. The molecule has 0 bridgehead atoms. The Balaban J connectivity index is 1.45. The van der Waals surface area contributed by atoms with E-state index in [9.17, 15) is 26.7 Å². The van der Waals surface area contributed by atoms with Gasteiger partial charge in [-0.25, -0.2) is 13.8 Å². The van der Waals surface area contributed by atoms with Crippen LogP contribution in [0.15, 0.2) is 36.7 Å². The summed E-state index contributed by atoms with van der Waals surface area (Å²) in [6.45, 7) is 2.44. The van der Waals surface area contributed by atoms with Crippen LogP contribution < -0.4 is 10.6 Å². The molecule has 1 amide bonds. The number of anilines is 3. The molecule has 0 atom stereocenters. The van der Waals surface area contributed by atoms with E-state index in [4.69, 9.17) is 0 Å². The SMILES string of the molecule is Cc1nsc(Nc2cncc(C3=CCN(CCC(F)(F)F)CC3)n2)c1C(=O)Nc1ccc(F)c(F)c1. The van der Waals surface area contributed by atoms with Gasteiger partial charge >= 0.3 is 6.18 Å². The van der Waals surface area contributed by atoms with Gasteiger partial charge in [-0.15, -0.1) is 0 Å². The van der Waals surface area contributed by atoms with Crippen molar-refractivity contribution in [2.24, 2.45) is 0 Å². The molecule has 2 N–H and O–H groups in total. The molecular weight excluding hydrogens is 503 g/mol. The molecule has 7 nitrogen and oxygen atoms in total. The van der Waals surface area contributed by atoms with E-state index in [1.54, 1.807) is 18.0 Å². The molecule has 0 fully saturated rings. The molecule has 3 heterocycles. The van der Waals surface area contributed by atoms with Crippen LogP contribution in [0.4, 0.5) is 38.5 Å². The molecule has 0 aliphatic carbocycles. The molecule has 190 valence electrons. The number of amides is 1. The number of benzene rings is 1. The largest absolute Gasteiger partial charge is 0.390 e. The molecule has 0 radical (unpaired) electrons. The first-order valence-corrected chi connectivity index (χ1v) is 11.7. The molecule has 1 aliphatic rings. The quantitative estimate of drug-likeness (QED) is 0.394. The highest BCUT2D eigenvalue weighted by molar-refractivity contribution is 7.10. The van der Waals surface area contributed by atoms with Crippen LogP contribution in [0.1, 0.15) is 34.6 Å². The molecule has 2 aromatic heterocycles. The average Bonchev–Trinajstić information content (AvgIpc) is 3.20. The van der Waals surface area contributed by atoms with E-state index < -0.39 is 30.1 Å². The van der Waals surface area contributed by atoms with E-state index in [1.165, 1.54) is 12.3 Å². The molecule has 1 aromatic carbocycles. The van der Waals surface area contributed by atoms with Crippen molar-refractivity contribution < 1.29 is 26.7 Å². The van der Waals surface area contributed by atoms with Crippen LogP contribution >= 0.6 is 11.5 Å².